The zero-order valence-electron chi connectivity index (χ0n) is 18.3. The van der Waals surface area contributed by atoms with Crippen LogP contribution in [0.3, 0.4) is 0 Å². The van der Waals surface area contributed by atoms with Crippen LogP contribution in [-0.4, -0.2) is 52.6 Å². The van der Waals surface area contributed by atoms with Gasteiger partial charge in [-0.2, -0.15) is 4.37 Å². The zero-order chi connectivity index (χ0) is 24.4. The van der Waals surface area contributed by atoms with E-state index in [2.05, 4.69) is 14.7 Å². The Kier molecular flexibility index (Phi) is 6.54. The summed E-state index contributed by atoms with van der Waals surface area (Å²) in [6.07, 6.45) is 1.44. The minimum absolute atomic E-state index is 0.512. The zero-order valence-corrected chi connectivity index (χ0v) is 19.8. The fourth-order valence-corrected chi connectivity index (χ4v) is 4.75. The van der Waals surface area contributed by atoms with Gasteiger partial charge in [0.1, 0.15) is 13.2 Å². The molecule has 1 aromatic heterocycles. The molecule has 0 spiro atoms. The standard InChI is InChI=1S/C25H20ClN3O5S/c26-23-16(15-5-7-20-21(11-15)34-9-8-33-20)2-1-3-18(23)28-24-17-6-4-14(10-22(17)35-29-24)12-27-19(13-30)25(31)32/h1-7,10-12,19,30H,8-9,13H2,(H,28,29)(H,31,32)/t19-/m0/s1. The van der Waals surface area contributed by atoms with E-state index in [1.165, 1.54) is 17.7 Å². The van der Waals surface area contributed by atoms with Gasteiger partial charge in [0.2, 0.25) is 0 Å². The maximum Gasteiger partial charge on any atom is 0.330 e. The topological polar surface area (TPSA) is 113 Å². The van der Waals surface area contributed by atoms with Crippen LogP contribution in [0.25, 0.3) is 21.2 Å². The van der Waals surface area contributed by atoms with Crippen LogP contribution in [0.1, 0.15) is 5.56 Å². The number of benzene rings is 3. The molecular weight excluding hydrogens is 490 g/mol. The lowest BCUT2D eigenvalue weighted by Gasteiger charge is -2.19. The average molecular weight is 510 g/mol. The molecule has 0 radical (unpaired) electrons. The van der Waals surface area contributed by atoms with Crippen molar-refractivity contribution in [2.75, 3.05) is 25.1 Å². The number of carbonyl (C=O) groups is 1. The molecule has 0 fully saturated rings. The Balaban J connectivity index is 1.40. The van der Waals surface area contributed by atoms with Gasteiger partial charge in [-0.25, -0.2) is 4.79 Å². The molecule has 1 aliphatic heterocycles. The van der Waals surface area contributed by atoms with Crippen molar-refractivity contribution in [3.8, 4) is 22.6 Å². The van der Waals surface area contributed by atoms with E-state index in [0.29, 0.717) is 41.1 Å². The number of carboxylic acids is 1. The first-order valence-corrected chi connectivity index (χ1v) is 11.9. The highest BCUT2D eigenvalue weighted by atomic mass is 35.5. The van der Waals surface area contributed by atoms with E-state index in [9.17, 15) is 4.79 Å². The molecule has 0 aliphatic carbocycles. The minimum atomic E-state index is -1.19. The number of aliphatic carboxylic acids is 1. The third-order valence-electron chi connectivity index (χ3n) is 5.46. The number of hydrogen-bond donors (Lipinski definition) is 3. The average Bonchev–Trinajstić information content (AvgIpc) is 3.27. The van der Waals surface area contributed by atoms with Crippen molar-refractivity contribution in [3.63, 3.8) is 0 Å². The van der Waals surface area contributed by atoms with Crippen LogP contribution in [-0.2, 0) is 4.79 Å². The number of halogens is 1. The third-order valence-corrected chi connectivity index (χ3v) is 6.68. The number of aromatic nitrogens is 1. The first-order valence-electron chi connectivity index (χ1n) is 10.8. The smallest absolute Gasteiger partial charge is 0.330 e. The molecule has 1 atom stereocenters. The second-order valence-corrected chi connectivity index (χ2v) is 8.94. The Hall–Kier alpha value is -3.66. The van der Waals surface area contributed by atoms with Gasteiger partial charge in [0.15, 0.2) is 23.4 Å². The Morgan fingerprint density at radius 1 is 1.17 bits per heavy atom. The predicted molar refractivity (Wildman–Crippen MR) is 137 cm³/mol. The summed E-state index contributed by atoms with van der Waals surface area (Å²) in [7, 11) is 0. The highest BCUT2D eigenvalue weighted by Gasteiger charge is 2.16. The van der Waals surface area contributed by atoms with Gasteiger partial charge in [-0.15, -0.1) is 0 Å². The van der Waals surface area contributed by atoms with Crippen molar-refractivity contribution in [2.45, 2.75) is 6.04 Å². The molecule has 3 aromatic carbocycles. The van der Waals surface area contributed by atoms with Gasteiger partial charge in [0, 0.05) is 17.2 Å². The summed E-state index contributed by atoms with van der Waals surface area (Å²) in [6.45, 7) is 0.487. The first-order chi connectivity index (χ1) is 17.0. The Morgan fingerprint density at radius 3 is 2.80 bits per heavy atom. The van der Waals surface area contributed by atoms with Crippen LogP contribution in [0.5, 0.6) is 11.5 Å². The van der Waals surface area contributed by atoms with E-state index < -0.39 is 18.6 Å². The highest BCUT2D eigenvalue weighted by molar-refractivity contribution is 7.13. The number of ether oxygens (including phenoxy) is 2. The third kappa shape index (κ3) is 4.79. The van der Waals surface area contributed by atoms with Crippen LogP contribution in [0.4, 0.5) is 11.5 Å². The van der Waals surface area contributed by atoms with Crippen molar-refractivity contribution in [1.29, 1.82) is 0 Å². The van der Waals surface area contributed by atoms with Gasteiger partial charge >= 0.3 is 5.97 Å². The number of fused-ring (bicyclic) bond motifs is 2. The number of carboxylic acid groups (broad SMARTS) is 1. The second kappa shape index (κ2) is 9.91. The van der Waals surface area contributed by atoms with E-state index in [-0.39, 0.29) is 0 Å². The monoisotopic (exact) mass is 509 g/mol. The van der Waals surface area contributed by atoms with E-state index in [0.717, 1.165) is 27.0 Å². The molecule has 0 bridgehead atoms. The molecule has 178 valence electrons. The van der Waals surface area contributed by atoms with Crippen LogP contribution in [0.2, 0.25) is 5.02 Å². The SMILES string of the molecule is O=C(O)[C@H](CO)N=Cc1ccc2c(Nc3cccc(-c4ccc5c(c4)OCCO5)c3Cl)nsc2c1. The number of nitrogens with one attached hydrogen (secondary N) is 1. The fourth-order valence-electron chi connectivity index (χ4n) is 3.68. The summed E-state index contributed by atoms with van der Waals surface area (Å²) in [4.78, 5) is 15.0. The van der Waals surface area contributed by atoms with Crippen LogP contribution < -0.4 is 14.8 Å². The van der Waals surface area contributed by atoms with Crippen molar-refractivity contribution < 1.29 is 24.5 Å². The number of hydrogen-bond acceptors (Lipinski definition) is 8. The van der Waals surface area contributed by atoms with Crippen molar-refractivity contribution in [1.82, 2.24) is 4.37 Å². The number of aliphatic hydroxyl groups excluding tert-OH is 1. The molecule has 35 heavy (non-hydrogen) atoms. The van der Waals surface area contributed by atoms with E-state index in [1.54, 1.807) is 0 Å². The molecular formula is C25H20ClN3O5S. The summed E-state index contributed by atoms with van der Waals surface area (Å²) >= 11 is 8.09. The predicted octanol–water partition coefficient (Wildman–Crippen LogP) is 5.00. The first kappa shape index (κ1) is 23.1. The van der Waals surface area contributed by atoms with Gasteiger partial charge in [-0.3, -0.25) is 4.99 Å². The summed E-state index contributed by atoms with van der Waals surface area (Å²) < 4.78 is 16.7. The second-order valence-electron chi connectivity index (χ2n) is 7.75. The van der Waals surface area contributed by atoms with Crippen LogP contribution in [0, 0.1) is 0 Å². The van der Waals surface area contributed by atoms with Crippen molar-refractivity contribution in [3.05, 3.63) is 65.2 Å². The lowest BCUT2D eigenvalue weighted by atomic mass is 10.0. The van der Waals surface area contributed by atoms with Crippen molar-refractivity contribution in [2.24, 2.45) is 4.99 Å². The molecule has 4 aromatic rings. The normalized spacial score (nSPS) is 13.8. The fraction of sp³-hybridized carbons (Fsp3) is 0.160. The molecule has 0 saturated carbocycles. The largest absolute Gasteiger partial charge is 0.486 e. The van der Waals surface area contributed by atoms with Gasteiger partial charge < -0.3 is 25.0 Å². The minimum Gasteiger partial charge on any atom is -0.486 e. The van der Waals surface area contributed by atoms with Gasteiger partial charge in [0.25, 0.3) is 0 Å². The molecule has 10 heteroatoms. The molecule has 5 rings (SSSR count). The van der Waals surface area contributed by atoms with Gasteiger partial charge in [0.05, 0.1) is 22.0 Å². The quantitative estimate of drug-likeness (QED) is 0.300. The molecule has 1 aliphatic rings. The maximum absolute atomic E-state index is 11.0. The van der Waals surface area contributed by atoms with Gasteiger partial charge in [-0.1, -0.05) is 35.9 Å². The molecule has 0 amide bonds. The summed E-state index contributed by atoms with van der Waals surface area (Å²) in [5.74, 6) is 0.901. The molecule has 2 heterocycles. The number of aliphatic imine (C=N–C) groups is 1. The lowest BCUT2D eigenvalue weighted by Crippen LogP contribution is -2.22. The lowest BCUT2D eigenvalue weighted by molar-refractivity contribution is -0.139. The van der Waals surface area contributed by atoms with E-state index in [1.807, 2.05) is 54.6 Å². The van der Waals surface area contributed by atoms with Crippen LogP contribution in [0.15, 0.2) is 59.6 Å². The number of rotatable bonds is 7. The van der Waals surface area contributed by atoms with E-state index in [4.69, 9.17) is 31.3 Å². The van der Waals surface area contributed by atoms with Gasteiger partial charge in [-0.05, 0) is 53.0 Å². The molecule has 0 unspecified atom stereocenters. The van der Waals surface area contributed by atoms with Crippen LogP contribution >= 0.6 is 23.1 Å². The molecule has 0 saturated heterocycles. The summed E-state index contributed by atoms with van der Waals surface area (Å²) in [5.41, 5.74) is 3.19. The number of nitrogens with zero attached hydrogens (tertiary/aromatic N) is 2. The maximum atomic E-state index is 11.0. The molecule has 8 nitrogen and oxygen atoms in total. The molecule has 3 N–H and O–H groups in total. The highest BCUT2D eigenvalue weighted by Crippen LogP contribution is 2.40. The van der Waals surface area contributed by atoms with Crippen molar-refractivity contribution >= 4 is 56.9 Å². The number of anilines is 2. The Morgan fingerprint density at radius 2 is 2.00 bits per heavy atom. The van der Waals surface area contributed by atoms with E-state index >= 15 is 0 Å². The summed E-state index contributed by atoms with van der Waals surface area (Å²) in [5, 5.41) is 22.9. The Bertz CT molecular complexity index is 1440. The Labute approximate surface area is 209 Å². The summed E-state index contributed by atoms with van der Waals surface area (Å²) in [6, 6.07) is 15.9. The number of aliphatic hydroxyl groups is 1.